The van der Waals surface area contributed by atoms with Crippen molar-refractivity contribution in [3.63, 3.8) is 0 Å². The maximum absolute atomic E-state index is 12.6. The van der Waals surface area contributed by atoms with E-state index >= 15 is 0 Å². The number of alkyl halides is 3. The predicted molar refractivity (Wildman–Crippen MR) is 105 cm³/mol. The summed E-state index contributed by atoms with van der Waals surface area (Å²) in [5.41, 5.74) is 1.01. The minimum Gasteiger partial charge on any atom is -0.341 e. The van der Waals surface area contributed by atoms with Crippen molar-refractivity contribution in [2.24, 2.45) is 11.3 Å². The van der Waals surface area contributed by atoms with Crippen LogP contribution in [0.15, 0.2) is 24.3 Å². The molecule has 0 heterocycles. The number of benzene rings is 1. The molecule has 1 atom stereocenters. The van der Waals surface area contributed by atoms with Crippen molar-refractivity contribution >= 4 is 23.6 Å². The second-order valence-electron chi connectivity index (χ2n) is 8.53. The van der Waals surface area contributed by atoms with Gasteiger partial charge in [0, 0.05) is 5.69 Å². The zero-order chi connectivity index (χ0) is 23.1. The summed E-state index contributed by atoms with van der Waals surface area (Å²) in [6, 6.07) is 2.09. The molecule has 3 amide bonds. The van der Waals surface area contributed by atoms with Gasteiger partial charge in [0.25, 0.3) is 5.91 Å². The Hall–Kier alpha value is -2.78. The van der Waals surface area contributed by atoms with Gasteiger partial charge in [0.05, 0.1) is 12.0 Å². The number of nitrogens with one attached hydrogen (secondary N) is 3. The summed E-state index contributed by atoms with van der Waals surface area (Å²) in [5, 5.41) is 4.81. The van der Waals surface area contributed by atoms with Crippen molar-refractivity contribution in [1.82, 2.24) is 10.8 Å². The van der Waals surface area contributed by atoms with Gasteiger partial charge < -0.3 is 15.5 Å². The highest BCUT2D eigenvalue weighted by molar-refractivity contribution is 5.93. The van der Waals surface area contributed by atoms with E-state index in [-0.39, 0.29) is 29.9 Å². The lowest BCUT2D eigenvalue weighted by atomic mass is 9.93. The molecule has 30 heavy (non-hydrogen) atoms. The van der Waals surface area contributed by atoms with Crippen LogP contribution in [0.3, 0.4) is 0 Å². The first-order chi connectivity index (χ1) is 13.7. The molecule has 0 bridgehead atoms. The highest BCUT2D eigenvalue weighted by Gasteiger charge is 2.30. The van der Waals surface area contributed by atoms with Gasteiger partial charge in [-0.2, -0.15) is 18.7 Å². The third-order valence-corrected chi connectivity index (χ3v) is 3.74. The van der Waals surface area contributed by atoms with Gasteiger partial charge >= 0.3 is 18.2 Å². The van der Waals surface area contributed by atoms with Crippen molar-refractivity contribution in [3.8, 4) is 0 Å². The van der Waals surface area contributed by atoms with Gasteiger partial charge in [0.2, 0.25) is 0 Å². The number of halogens is 3. The van der Waals surface area contributed by atoms with Gasteiger partial charge in [-0.25, -0.2) is 9.59 Å². The van der Waals surface area contributed by atoms with Gasteiger partial charge in [-0.3, -0.25) is 4.79 Å². The molecule has 0 aliphatic carbocycles. The van der Waals surface area contributed by atoms with Crippen LogP contribution >= 0.6 is 0 Å². The Morgan fingerprint density at radius 3 is 2.07 bits per heavy atom. The lowest BCUT2D eigenvalue weighted by Gasteiger charge is -2.21. The van der Waals surface area contributed by atoms with Crippen LogP contribution in [-0.4, -0.2) is 23.9 Å². The molecule has 0 unspecified atom stereocenters. The molecule has 0 saturated carbocycles. The average molecular weight is 431 g/mol. The number of hydrogen-bond acceptors (Lipinski definition) is 4. The van der Waals surface area contributed by atoms with E-state index in [4.69, 9.17) is 4.84 Å². The monoisotopic (exact) mass is 431 g/mol. The second kappa shape index (κ2) is 10.3. The van der Waals surface area contributed by atoms with E-state index in [2.05, 4.69) is 10.6 Å². The Balaban J connectivity index is 2.69. The molecule has 0 saturated heterocycles. The van der Waals surface area contributed by atoms with Crippen LogP contribution in [0.25, 0.3) is 0 Å². The summed E-state index contributed by atoms with van der Waals surface area (Å²) >= 11 is 0. The molecular weight excluding hydrogens is 403 g/mol. The van der Waals surface area contributed by atoms with Crippen molar-refractivity contribution in [3.05, 3.63) is 29.8 Å². The second-order valence-corrected chi connectivity index (χ2v) is 8.53. The van der Waals surface area contributed by atoms with E-state index in [0.717, 1.165) is 24.3 Å². The number of carbonyl (C=O) groups excluding carboxylic acids is 3. The third kappa shape index (κ3) is 9.62. The van der Waals surface area contributed by atoms with Crippen molar-refractivity contribution < 1.29 is 32.4 Å². The molecule has 1 aromatic carbocycles. The third-order valence-electron chi connectivity index (χ3n) is 3.74. The van der Waals surface area contributed by atoms with Crippen molar-refractivity contribution in [2.75, 3.05) is 5.32 Å². The summed E-state index contributed by atoms with van der Waals surface area (Å²) < 4.78 is 37.8. The zero-order valence-corrected chi connectivity index (χ0v) is 17.6. The lowest BCUT2D eigenvalue weighted by Crippen LogP contribution is -2.49. The first-order valence-electron chi connectivity index (χ1n) is 9.41. The molecule has 3 N–H and O–H groups in total. The predicted octanol–water partition coefficient (Wildman–Crippen LogP) is 4.25. The van der Waals surface area contributed by atoms with Gasteiger partial charge in [-0.15, -0.1) is 0 Å². The van der Waals surface area contributed by atoms with Gasteiger partial charge in [-0.1, -0.05) is 34.6 Å². The highest BCUT2D eigenvalue weighted by atomic mass is 19.4. The van der Waals surface area contributed by atoms with E-state index in [1.165, 1.54) is 0 Å². The smallest absolute Gasteiger partial charge is 0.341 e. The molecule has 1 rings (SSSR count). The molecule has 1 aromatic rings. The average Bonchev–Trinajstić information content (AvgIpc) is 2.56. The number of carbonyl (C=O) groups is 3. The minimum absolute atomic E-state index is 0.0254. The van der Waals surface area contributed by atoms with Crippen molar-refractivity contribution in [2.45, 2.75) is 59.7 Å². The summed E-state index contributed by atoms with van der Waals surface area (Å²) in [6.07, 6.45) is -4.14. The number of urea groups is 1. The Bertz CT molecular complexity index is 741. The van der Waals surface area contributed by atoms with Crippen LogP contribution in [0.5, 0.6) is 0 Å². The Morgan fingerprint density at radius 1 is 1.03 bits per heavy atom. The fourth-order valence-corrected chi connectivity index (χ4v) is 2.42. The first-order valence-corrected chi connectivity index (χ1v) is 9.41. The SMILES string of the molecule is CC(C)C[C@H](NC(=O)Nc1ccc(C(F)(F)F)cc1)C(=O)NOC(=O)CC(C)(C)C. The standard InChI is InChI=1S/C20H28F3N3O4/c1-12(2)10-15(17(28)26-30-16(27)11-19(3,4)5)25-18(29)24-14-8-6-13(7-9-14)20(21,22)23/h6-9,12,15H,10-11H2,1-5H3,(H,26,28)(H2,24,25,29)/t15-/m0/s1. The van der Waals surface area contributed by atoms with E-state index in [0.29, 0.717) is 0 Å². The first kappa shape index (κ1) is 25.3. The Labute approximate surface area is 173 Å². The normalized spacial score (nSPS) is 12.8. The number of rotatable bonds is 6. The van der Waals surface area contributed by atoms with E-state index in [1.807, 2.05) is 40.1 Å². The number of hydrogen-bond donors (Lipinski definition) is 3. The molecule has 0 spiro atoms. The Morgan fingerprint density at radius 2 is 1.60 bits per heavy atom. The van der Waals surface area contributed by atoms with Crippen LogP contribution in [0.4, 0.5) is 23.7 Å². The van der Waals surface area contributed by atoms with Gasteiger partial charge in [-0.05, 0) is 42.0 Å². The topological polar surface area (TPSA) is 96.5 Å². The van der Waals surface area contributed by atoms with Gasteiger partial charge in [0.15, 0.2) is 0 Å². The molecule has 168 valence electrons. The fraction of sp³-hybridized carbons (Fsp3) is 0.550. The molecule has 0 aliphatic heterocycles. The van der Waals surface area contributed by atoms with Crippen LogP contribution < -0.4 is 16.1 Å². The highest BCUT2D eigenvalue weighted by Crippen LogP contribution is 2.29. The van der Waals surface area contributed by atoms with Crippen LogP contribution in [0, 0.1) is 11.3 Å². The lowest BCUT2D eigenvalue weighted by molar-refractivity contribution is -0.160. The summed E-state index contributed by atoms with van der Waals surface area (Å²) in [4.78, 5) is 41.0. The maximum Gasteiger partial charge on any atom is 0.416 e. The maximum atomic E-state index is 12.6. The quantitative estimate of drug-likeness (QED) is 0.587. The minimum atomic E-state index is -4.48. The fourth-order valence-electron chi connectivity index (χ4n) is 2.42. The number of hydroxylamine groups is 1. The molecule has 10 heteroatoms. The number of amides is 3. The molecule has 0 aliphatic rings. The molecule has 0 fully saturated rings. The molecule has 0 aromatic heterocycles. The Kier molecular flexibility index (Phi) is 8.68. The summed E-state index contributed by atoms with van der Waals surface area (Å²) in [5.74, 6) is -1.31. The molecule has 7 nitrogen and oxygen atoms in total. The van der Waals surface area contributed by atoms with Crippen LogP contribution in [0.1, 0.15) is 53.0 Å². The number of anilines is 1. The molecular formula is C20H28F3N3O4. The van der Waals surface area contributed by atoms with E-state index in [9.17, 15) is 27.6 Å². The van der Waals surface area contributed by atoms with Gasteiger partial charge in [0.1, 0.15) is 6.04 Å². The largest absolute Gasteiger partial charge is 0.416 e. The zero-order valence-electron chi connectivity index (χ0n) is 17.6. The van der Waals surface area contributed by atoms with Crippen molar-refractivity contribution in [1.29, 1.82) is 0 Å². The van der Waals surface area contributed by atoms with Crippen LogP contribution in [-0.2, 0) is 20.6 Å². The molecule has 0 radical (unpaired) electrons. The van der Waals surface area contributed by atoms with Crippen LogP contribution in [0.2, 0.25) is 0 Å². The summed E-state index contributed by atoms with van der Waals surface area (Å²) in [6.45, 7) is 9.18. The van der Waals surface area contributed by atoms with E-state index < -0.39 is 35.7 Å². The summed E-state index contributed by atoms with van der Waals surface area (Å²) in [7, 11) is 0. The van der Waals surface area contributed by atoms with E-state index in [1.54, 1.807) is 0 Å².